The fourth-order valence-electron chi connectivity index (χ4n) is 1.65. The molecular weight excluding hydrogens is 288 g/mol. The number of carbonyl (C=O) groups excluding carboxylic acids is 2. The molecule has 0 aliphatic carbocycles. The fourth-order valence-corrected chi connectivity index (χ4v) is 1.65. The monoisotopic (exact) mass is 312 g/mol. The first-order valence-corrected chi connectivity index (χ1v) is 7.08. The van der Waals surface area contributed by atoms with Gasteiger partial charge in [0.2, 0.25) is 5.76 Å². The summed E-state index contributed by atoms with van der Waals surface area (Å²) in [5, 5.41) is 5.86. The van der Waals surface area contributed by atoms with Gasteiger partial charge in [-0.3, -0.25) is 0 Å². The molecule has 7 heteroatoms. The van der Waals surface area contributed by atoms with E-state index in [0.29, 0.717) is 18.7 Å². The van der Waals surface area contributed by atoms with Gasteiger partial charge in [0, 0.05) is 24.7 Å². The van der Waals surface area contributed by atoms with Crippen molar-refractivity contribution in [3.63, 3.8) is 0 Å². The third-order valence-corrected chi connectivity index (χ3v) is 2.71. The molecule has 1 unspecified atom stereocenters. The van der Waals surface area contributed by atoms with E-state index in [2.05, 4.69) is 15.4 Å². The van der Waals surface area contributed by atoms with Gasteiger partial charge in [0.15, 0.2) is 0 Å². The third-order valence-electron chi connectivity index (χ3n) is 2.71. The van der Waals surface area contributed by atoms with Crippen molar-refractivity contribution < 1.29 is 23.5 Å². The lowest BCUT2D eigenvalue weighted by atomic mass is 10.2. The summed E-state index contributed by atoms with van der Waals surface area (Å²) in [6, 6.07) is 1.70. The predicted octanol–water partition coefficient (Wildman–Crippen LogP) is 2.07. The molecule has 7 nitrogen and oxygen atoms in total. The van der Waals surface area contributed by atoms with Gasteiger partial charge in [-0.15, -0.1) is 0 Å². The van der Waals surface area contributed by atoms with Gasteiger partial charge < -0.3 is 24.5 Å². The molecule has 124 valence electrons. The van der Waals surface area contributed by atoms with Crippen molar-refractivity contribution in [3.05, 3.63) is 23.7 Å². The molecule has 0 saturated carbocycles. The highest BCUT2D eigenvalue weighted by Gasteiger charge is 2.18. The van der Waals surface area contributed by atoms with Gasteiger partial charge in [-0.25, -0.2) is 9.59 Å². The first-order valence-electron chi connectivity index (χ1n) is 7.08. The number of nitrogens with one attached hydrogen (secondary N) is 2. The molecule has 1 atom stereocenters. The zero-order valence-electron chi connectivity index (χ0n) is 13.7. The van der Waals surface area contributed by atoms with Crippen molar-refractivity contribution in [1.82, 2.24) is 10.6 Å². The van der Waals surface area contributed by atoms with E-state index in [9.17, 15) is 9.59 Å². The molecule has 0 bridgehead atoms. The number of methoxy groups -OCH3 is 1. The Bertz CT molecular complexity index is 504. The molecule has 1 rings (SSSR count). The summed E-state index contributed by atoms with van der Waals surface area (Å²) in [4.78, 5) is 23.0. The molecular formula is C15H24N2O5. The van der Waals surface area contributed by atoms with Crippen molar-refractivity contribution >= 4 is 12.1 Å². The van der Waals surface area contributed by atoms with Gasteiger partial charge in [0.1, 0.15) is 5.60 Å². The Kier molecular flexibility index (Phi) is 6.42. The van der Waals surface area contributed by atoms with Crippen molar-refractivity contribution in [2.45, 2.75) is 45.9 Å². The lowest BCUT2D eigenvalue weighted by Crippen LogP contribution is -2.41. The van der Waals surface area contributed by atoms with Crippen molar-refractivity contribution in [3.8, 4) is 0 Å². The number of alkyl carbamates (subject to hydrolysis) is 1. The average Bonchev–Trinajstić information content (AvgIpc) is 2.88. The predicted molar refractivity (Wildman–Crippen MR) is 80.6 cm³/mol. The zero-order chi connectivity index (χ0) is 16.8. The Labute approximate surface area is 130 Å². The lowest BCUT2D eigenvalue weighted by molar-refractivity contribution is 0.0522. The highest BCUT2D eigenvalue weighted by atomic mass is 16.6. The zero-order valence-corrected chi connectivity index (χ0v) is 13.7. The smallest absolute Gasteiger partial charge is 0.407 e. The molecule has 1 aromatic heterocycles. The number of carbonyl (C=O) groups is 2. The normalized spacial score (nSPS) is 12.6. The first-order chi connectivity index (χ1) is 10.2. The van der Waals surface area contributed by atoms with Crippen LogP contribution in [0.5, 0.6) is 0 Å². The summed E-state index contributed by atoms with van der Waals surface area (Å²) in [6.45, 7) is 8.16. The van der Waals surface area contributed by atoms with Crippen LogP contribution in [-0.4, -0.2) is 37.4 Å². The van der Waals surface area contributed by atoms with Crippen LogP contribution in [0.3, 0.4) is 0 Å². The molecule has 22 heavy (non-hydrogen) atoms. The Morgan fingerprint density at radius 2 is 2.05 bits per heavy atom. The number of rotatable bonds is 6. The Morgan fingerprint density at radius 1 is 1.36 bits per heavy atom. The molecule has 0 aliphatic rings. The molecule has 1 amide bonds. The second-order valence-electron chi connectivity index (χ2n) is 5.93. The number of hydrogen-bond acceptors (Lipinski definition) is 6. The van der Waals surface area contributed by atoms with E-state index in [-0.39, 0.29) is 11.8 Å². The van der Waals surface area contributed by atoms with E-state index in [4.69, 9.17) is 9.15 Å². The second kappa shape index (κ2) is 7.84. The standard InChI is InChI=1S/C15H24N2O5/c1-10(8-17-14(19)22-15(2,3)4)16-9-11-6-7-21-12(11)13(18)20-5/h6-7,10,16H,8-9H2,1-5H3,(H,17,19). The quantitative estimate of drug-likeness (QED) is 0.782. The SMILES string of the molecule is COC(=O)c1occc1CNC(C)CNC(=O)OC(C)(C)C. The number of amides is 1. The maximum Gasteiger partial charge on any atom is 0.407 e. The van der Waals surface area contributed by atoms with E-state index < -0.39 is 17.7 Å². The summed E-state index contributed by atoms with van der Waals surface area (Å²) in [5.41, 5.74) is 0.184. The van der Waals surface area contributed by atoms with Crippen LogP contribution in [0.4, 0.5) is 4.79 Å². The van der Waals surface area contributed by atoms with Crippen LogP contribution in [0.1, 0.15) is 43.8 Å². The third kappa shape index (κ3) is 6.17. The summed E-state index contributed by atoms with van der Waals surface area (Å²) < 4.78 is 14.9. The summed E-state index contributed by atoms with van der Waals surface area (Å²) in [5.74, 6) is -0.330. The van der Waals surface area contributed by atoms with Gasteiger partial charge in [-0.1, -0.05) is 0 Å². The summed E-state index contributed by atoms with van der Waals surface area (Å²) >= 11 is 0. The molecule has 1 aromatic rings. The molecule has 0 saturated heterocycles. The molecule has 0 aliphatic heterocycles. The molecule has 0 radical (unpaired) electrons. The van der Waals surface area contributed by atoms with Gasteiger partial charge in [-0.2, -0.15) is 0 Å². The van der Waals surface area contributed by atoms with Crippen LogP contribution in [0.2, 0.25) is 0 Å². The van der Waals surface area contributed by atoms with Crippen LogP contribution < -0.4 is 10.6 Å². The minimum atomic E-state index is -0.521. The van der Waals surface area contributed by atoms with Crippen molar-refractivity contribution in [2.75, 3.05) is 13.7 Å². The van der Waals surface area contributed by atoms with Crippen molar-refractivity contribution in [2.24, 2.45) is 0 Å². The van der Waals surface area contributed by atoms with Gasteiger partial charge in [-0.05, 0) is 33.8 Å². The molecule has 1 heterocycles. The number of hydrogen-bond donors (Lipinski definition) is 2. The minimum absolute atomic E-state index is 0.00656. The van der Waals surface area contributed by atoms with E-state index in [1.165, 1.54) is 13.4 Å². The lowest BCUT2D eigenvalue weighted by Gasteiger charge is -2.21. The van der Waals surface area contributed by atoms with Gasteiger partial charge in [0.05, 0.1) is 13.4 Å². The Balaban J connectivity index is 2.38. The van der Waals surface area contributed by atoms with Crippen LogP contribution in [0.15, 0.2) is 16.7 Å². The second-order valence-corrected chi connectivity index (χ2v) is 5.93. The van der Waals surface area contributed by atoms with Crippen LogP contribution in [-0.2, 0) is 16.0 Å². The van der Waals surface area contributed by atoms with Crippen LogP contribution in [0, 0.1) is 0 Å². The highest BCUT2D eigenvalue weighted by molar-refractivity contribution is 5.87. The largest absolute Gasteiger partial charge is 0.463 e. The average molecular weight is 312 g/mol. The Hall–Kier alpha value is -2.02. The molecule has 0 fully saturated rings. The maximum atomic E-state index is 11.5. The molecule has 2 N–H and O–H groups in total. The topological polar surface area (TPSA) is 89.8 Å². The van der Waals surface area contributed by atoms with E-state index >= 15 is 0 Å². The number of ether oxygens (including phenoxy) is 2. The van der Waals surface area contributed by atoms with Crippen LogP contribution >= 0.6 is 0 Å². The van der Waals surface area contributed by atoms with Gasteiger partial charge in [0.25, 0.3) is 0 Å². The van der Waals surface area contributed by atoms with E-state index in [0.717, 1.165) is 0 Å². The highest BCUT2D eigenvalue weighted by Crippen LogP contribution is 2.11. The fraction of sp³-hybridized carbons (Fsp3) is 0.600. The summed E-state index contributed by atoms with van der Waals surface area (Å²) in [7, 11) is 1.30. The van der Waals surface area contributed by atoms with Gasteiger partial charge >= 0.3 is 12.1 Å². The first kappa shape index (κ1) is 18.0. The number of esters is 1. The molecule has 0 aromatic carbocycles. The van der Waals surface area contributed by atoms with Crippen LogP contribution in [0.25, 0.3) is 0 Å². The Morgan fingerprint density at radius 3 is 2.64 bits per heavy atom. The number of furan rings is 1. The van der Waals surface area contributed by atoms with E-state index in [1.807, 2.05) is 27.7 Å². The minimum Gasteiger partial charge on any atom is -0.463 e. The summed E-state index contributed by atoms with van der Waals surface area (Å²) in [6.07, 6.45) is 0.979. The van der Waals surface area contributed by atoms with Crippen molar-refractivity contribution in [1.29, 1.82) is 0 Å². The maximum absolute atomic E-state index is 11.5. The molecule has 0 spiro atoms. The van der Waals surface area contributed by atoms with E-state index in [1.54, 1.807) is 6.07 Å².